The van der Waals surface area contributed by atoms with Crippen LogP contribution < -0.4 is 15.1 Å². The van der Waals surface area contributed by atoms with E-state index in [4.69, 9.17) is 4.74 Å². The first kappa shape index (κ1) is 19.3. The van der Waals surface area contributed by atoms with Crippen LogP contribution in [0.25, 0.3) is 0 Å². The minimum absolute atomic E-state index is 0.0416. The smallest absolute Gasteiger partial charge is 0.293 e. The van der Waals surface area contributed by atoms with Crippen molar-refractivity contribution in [2.24, 2.45) is 5.10 Å². The van der Waals surface area contributed by atoms with Crippen LogP contribution in [0.5, 0.6) is 5.75 Å². The number of rotatable bonds is 7. The van der Waals surface area contributed by atoms with Gasteiger partial charge in [-0.3, -0.25) is 14.9 Å². The fraction of sp³-hybridized carbons (Fsp3) is 0.300. The summed E-state index contributed by atoms with van der Waals surface area (Å²) < 4.78 is 5.39. The van der Waals surface area contributed by atoms with E-state index in [9.17, 15) is 14.9 Å². The highest BCUT2D eigenvalue weighted by Gasteiger charge is 2.22. The molecule has 2 aromatic carbocycles. The first-order valence-corrected chi connectivity index (χ1v) is 9.08. The predicted octanol–water partition coefficient (Wildman–Crippen LogP) is 3.03. The van der Waals surface area contributed by atoms with E-state index in [0.29, 0.717) is 17.0 Å². The van der Waals surface area contributed by atoms with Crippen molar-refractivity contribution < 1.29 is 14.5 Å². The maximum Gasteiger partial charge on any atom is 0.293 e. The maximum absolute atomic E-state index is 11.8. The standard InChI is InChI=1S/C20H22N4O4/c1-15-5-4-6-17(11-15)28-14-20(25)22-21-13-16-7-8-18(19(12-16)24(26)27)23-9-2-3-10-23/h4-8,11-13H,2-3,9-10,14H2,1H3,(H,22,25)/b21-13-. The van der Waals surface area contributed by atoms with Crippen molar-refractivity contribution in [3.05, 3.63) is 63.7 Å². The molecule has 146 valence electrons. The minimum Gasteiger partial charge on any atom is -0.484 e. The average Bonchev–Trinajstić information content (AvgIpc) is 3.21. The van der Waals surface area contributed by atoms with Crippen LogP contribution in [-0.4, -0.2) is 36.7 Å². The highest BCUT2D eigenvalue weighted by molar-refractivity contribution is 5.85. The van der Waals surface area contributed by atoms with Crippen LogP contribution in [0.1, 0.15) is 24.0 Å². The van der Waals surface area contributed by atoms with Gasteiger partial charge in [0.1, 0.15) is 11.4 Å². The molecule has 0 radical (unpaired) electrons. The predicted molar refractivity (Wildman–Crippen MR) is 107 cm³/mol. The van der Waals surface area contributed by atoms with Gasteiger partial charge in [-0.1, -0.05) is 18.2 Å². The second-order valence-corrected chi connectivity index (χ2v) is 6.60. The Balaban J connectivity index is 1.58. The molecule has 1 amide bonds. The van der Waals surface area contributed by atoms with Crippen LogP contribution in [-0.2, 0) is 4.79 Å². The van der Waals surface area contributed by atoms with E-state index in [2.05, 4.69) is 10.5 Å². The van der Waals surface area contributed by atoms with Crippen molar-refractivity contribution in [1.82, 2.24) is 5.43 Å². The van der Waals surface area contributed by atoms with Crippen molar-refractivity contribution >= 4 is 23.5 Å². The van der Waals surface area contributed by atoms with Gasteiger partial charge in [0.05, 0.1) is 11.1 Å². The monoisotopic (exact) mass is 382 g/mol. The molecule has 1 aliphatic heterocycles. The zero-order chi connectivity index (χ0) is 19.9. The molecule has 8 nitrogen and oxygen atoms in total. The number of nitro benzene ring substituents is 1. The number of carbonyl (C=O) groups is 1. The van der Waals surface area contributed by atoms with Gasteiger partial charge >= 0.3 is 0 Å². The quantitative estimate of drug-likeness (QED) is 0.451. The molecule has 0 saturated carbocycles. The van der Waals surface area contributed by atoms with Gasteiger partial charge in [0.2, 0.25) is 0 Å². The molecule has 0 aromatic heterocycles. The lowest BCUT2D eigenvalue weighted by atomic mass is 10.1. The largest absolute Gasteiger partial charge is 0.484 e. The van der Waals surface area contributed by atoms with Gasteiger partial charge in [-0.2, -0.15) is 5.10 Å². The van der Waals surface area contributed by atoms with Crippen LogP contribution >= 0.6 is 0 Å². The third kappa shape index (κ3) is 5.06. The molecule has 3 rings (SSSR count). The second kappa shape index (κ2) is 8.98. The maximum atomic E-state index is 11.8. The molecule has 1 N–H and O–H groups in total. The summed E-state index contributed by atoms with van der Waals surface area (Å²) in [4.78, 5) is 24.9. The van der Waals surface area contributed by atoms with Crippen molar-refractivity contribution in [3.8, 4) is 5.75 Å². The average molecular weight is 382 g/mol. The normalized spacial score (nSPS) is 13.7. The van der Waals surface area contributed by atoms with Crippen LogP contribution in [0.4, 0.5) is 11.4 Å². The molecule has 1 fully saturated rings. The Bertz CT molecular complexity index is 892. The van der Waals surface area contributed by atoms with Gasteiger partial charge in [0, 0.05) is 24.7 Å². The Morgan fingerprint density at radius 3 is 2.79 bits per heavy atom. The summed E-state index contributed by atoms with van der Waals surface area (Å²) in [5.74, 6) is 0.188. The number of nitro groups is 1. The van der Waals surface area contributed by atoms with Crippen molar-refractivity contribution in [2.75, 3.05) is 24.6 Å². The molecule has 2 aromatic rings. The number of carbonyl (C=O) groups excluding carboxylic acids is 1. The van der Waals surface area contributed by atoms with E-state index < -0.39 is 5.91 Å². The highest BCUT2D eigenvalue weighted by Crippen LogP contribution is 2.31. The Morgan fingerprint density at radius 2 is 2.07 bits per heavy atom. The Morgan fingerprint density at radius 1 is 1.29 bits per heavy atom. The molecule has 1 saturated heterocycles. The summed E-state index contributed by atoms with van der Waals surface area (Å²) in [5, 5.41) is 15.3. The van der Waals surface area contributed by atoms with E-state index >= 15 is 0 Å². The summed E-state index contributed by atoms with van der Waals surface area (Å²) in [6.07, 6.45) is 3.46. The molecule has 1 heterocycles. The number of nitrogens with zero attached hydrogens (tertiary/aromatic N) is 3. The fourth-order valence-corrected chi connectivity index (χ4v) is 3.06. The number of aryl methyl sites for hydroxylation is 1. The van der Waals surface area contributed by atoms with Crippen molar-refractivity contribution in [1.29, 1.82) is 0 Å². The lowest BCUT2D eigenvalue weighted by Crippen LogP contribution is -2.24. The molecule has 0 unspecified atom stereocenters. The number of ether oxygens (including phenoxy) is 1. The topological polar surface area (TPSA) is 97.1 Å². The van der Waals surface area contributed by atoms with Gasteiger partial charge < -0.3 is 9.64 Å². The van der Waals surface area contributed by atoms with Crippen LogP contribution in [0, 0.1) is 17.0 Å². The molecule has 0 bridgehead atoms. The summed E-state index contributed by atoms with van der Waals surface area (Å²) >= 11 is 0. The number of hydrazone groups is 1. The first-order valence-electron chi connectivity index (χ1n) is 9.08. The zero-order valence-electron chi connectivity index (χ0n) is 15.6. The number of benzene rings is 2. The zero-order valence-corrected chi connectivity index (χ0v) is 15.6. The Kier molecular flexibility index (Phi) is 6.21. The summed E-state index contributed by atoms with van der Waals surface area (Å²) in [5.41, 5.74) is 4.60. The van der Waals surface area contributed by atoms with Crippen LogP contribution in [0.3, 0.4) is 0 Å². The molecular weight excluding hydrogens is 360 g/mol. The number of hydrogen-bond donors (Lipinski definition) is 1. The second-order valence-electron chi connectivity index (χ2n) is 6.60. The van der Waals surface area contributed by atoms with E-state index in [0.717, 1.165) is 31.5 Å². The van der Waals surface area contributed by atoms with Crippen LogP contribution in [0.2, 0.25) is 0 Å². The number of amides is 1. The molecule has 0 spiro atoms. The first-order chi connectivity index (χ1) is 13.5. The number of hydrogen-bond acceptors (Lipinski definition) is 6. The van der Waals surface area contributed by atoms with Crippen molar-refractivity contribution in [3.63, 3.8) is 0 Å². The molecule has 8 heteroatoms. The van der Waals surface area contributed by atoms with E-state index in [1.54, 1.807) is 18.2 Å². The van der Waals surface area contributed by atoms with Crippen LogP contribution in [0.15, 0.2) is 47.6 Å². The lowest BCUT2D eigenvalue weighted by Gasteiger charge is -2.17. The van der Waals surface area contributed by atoms with Gasteiger partial charge in [-0.05, 0) is 43.5 Å². The van der Waals surface area contributed by atoms with Crippen molar-refractivity contribution in [2.45, 2.75) is 19.8 Å². The van der Waals surface area contributed by atoms with E-state index in [1.807, 2.05) is 30.0 Å². The summed E-state index contributed by atoms with van der Waals surface area (Å²) in [6.45, 7) is 3.41. The summed E-state index contributed by atoms with van der Waals surface area (Å²) in [6, 6.07) is 12.3. The molecule has 28 heavy (non-hydrogen) atoms. The lowest BCUT2D eigenvalue weighted by molar-refractivity contribution is -0.384. The fourth-order valence-electron chi connectivity index (χ4n) is 3.06. The number of nitrogens with one attached hydrogen (secondary N) is 1. The minimum atomic E-state index is -0.416. The molecule has 1 aliphatic rings. The third-order valence-corrected chi connectivity index (χ3v) is 4.41. The van der Waals surface area contributed by atoms with Gasteiger partial charge in [0.25, 0.3) is 11.6 Å². The Labute approximate surface area is 163 Å². The molecular formula is C20H22N4O4. The third-order valence-electron chi connectivity index (χ3n) is 4.41. The molecule has 0 atom stereocenters. The Hall–Kier alpha value is -3.42. The van der Waals surface area contributed by atoms with Gasteiger partial charge in [-0.25, -0.2) is 5.43 Å². The molecule has 0 aliphatic carbocycles. The van der Waals surface area contributed by atoms with Gasteiger partial charge in [0.15, 0.2) is 6.61 Å². The van der Waals surface area contributed by atoms with E-state index in [-0.39, 0.29) is 17.2 Å². The van der Waals surface area contributed by atoms with Gasteiger partial charge in [-0.15, -0.1) is 0 Å². The summed E-state index contributed by atoms with van der Waals surface area (Å²) in [7, 11) is 0. The number of anilines is 1. The highest BCUT2D eigenvalue weighted by atomic mass is 16.6. The SMILES string of the molecule is Cc1cccc(OCC(=O)N/N=C\c2ccc(N3CCCC3)c([N+](=O)[O-])c2)c1. The van der Waals surface area contributed by atoms with E-state index in [1.165, 1.54) is 12.3 Å².